The van der Waals surface area contributed by atoms with Crippen LogP contribution in [0.5, 0.6) is 0 Å². The Labute approximate surface area is 116 Å². The molecule has 4 aliphatic carbocycles. The van der Waals surface area contributed by atoms with Crippen molar-refractivity contribution in [3.63, 3.8) is 0 Å². The van der Waals surface area contributed by atoms with Gasteiger partial charge in [-0.05, 0) is 82.0 Å². The van der Waals surface area contributed by atoms with Gasteiger partial charge < -0.3 is 11.1 Å². The van der Waals surface area contributed by atoms with Gasteiger partial charge in [-0.25, -0.2) is 0 Å². The Morgan fingerprint density at radius 2 is 1.63 bits per heavy atom. The van der Waals surface area contributed by atoms with E-state index in [1.54, 1.807) is 0 Å². The monoisotopic (exact) mass is 264 g/mol. The normalized spacial score (nSPS) is 41.6. The molecule has 4 rings (SSSR count). The molecule has 1 amide bonds. The third-order valence-corrected chi connectivity index (χ3v) is 5.59. The Hall–Kier alpha value is -0.570. The van der Waals surface area contributed by atoms with E-state index in [2.05, 4.69) is 5.32 Å². The lowest BCUT2D eigenvalue weighted by atomic mass is 9.48. The van der Waals surface area contributed by atoms with Gasteiger partial charge in [-0.1, -0.05) is 0 Å². The standard InChI is InChI=1S/C16H28N2O/c1-10(2)18-15(19)14(17)9-16-6-11-3-12(7-16)5-13(4-11)8-16/h10-14H,3-9,17H2,1-2H3,(H,18,19). The maximum Gasteiger partial charge on any atom is 0.237 e. The minimum atomic E-state index is -0.307. The molecule has 4 saturated carbocycles. The summed E-state index contributed by atoms with van der Waals surface area (Å²) in [6, 6.07) is -0.117. The fourth-order valence-electron chi connectivity index (χ4n) is 5.49. The molecule has 0 spiro atoms. The lowest BCUT2D eigenvalue weighted by molar-refractivity contribution is -0.125. The molecular weight excluding hydrogens is 236 g/mol. The Kier molecular flexibility index (Phi) is 3.36. The van der Waals surface area contributed by atoms with Crippen LogP contribution in [0.3, 0.4) is 0 Å². The fourth-order valence-corrected chi connectivity index (χ4v) is 5.49. The molecule has 108 valence electrons. The van der Waals surface area contributed by atoms with E-state index >= 15 is 0 Å². The first-order valence-corrected chi connectivity index (χ1v) is 8.02. The highest BCUT2D eigenvalue weighted by atomic mass is 16.2. The van der Waals surface area contributed by atoms with Crippen molar-refractivity contribution >= 4 is 5.91 Å². The summed E-state index contributed by atoms with van der Waals surface area (Å²) in [5, 5.41) is 2.96. The molecule has 0 saturated heterocycles. The van der Waals surface area contributed by atoms with Crippen molar-refractivity contribution in [2.45, 2.75) is 70.9 Å². The van der Waals surface area contributed by atoms with Gasteiger partial charge in [0.2, 0.25) is 5.91 Å². The summed E-state index contributed by atoms with van der Waals surface area (Å²) in [6.45, 7) is 3.99. The van der Waals surface area contributed by atoms with Gasteiger partial charge in [0.25, 0.3) is 0 Å². The van der Waals surface area contributed by atoms with Crippen molar-refractivity contribution in [1.82, 2.24) is 5.32 Å². The van der Waals surface area contributed by atoms with Gasteiger partial charge in [-0.3, -0.25) is 4.79 Å². The van der Waals surface area contributed by atoms with Crippen LogP contribution >= 0.6 is 0 Å². The smallest absolute Gasteiger partial charge is 0.237 e. The lowest BCUT2D eigenvalue weighted by Gasteiger charge is -2.57. The molecule has 3 N–H and O–H groups in total. The molecule has 0 aliphatic heterocycles. The van der Waals surface area contributed by atoms with Gasteiger partial charge in [0.05, 0.1) is 6.04 Å². The highest BCUT2D eigenvalue weighted by molar-refractivity contribution is 5.81. The number of amides is 1. The average molecular weight is 264 g/mol. The second kappa shape index (κ2) is 4.76. The minimum Gasteiger partial charge on any atom is -0.353 e. The second-order valence-electron chi connectivity index (χ2n) is 7.89. The molecule has 19 heavy (non-hydrogen) atoms. The summed E-state index contributed by atoms with van der Waals surface area (Å²) in [7, 11) is 0. The molecule has 0 aromatic carbocycles. The molecule has 4 aliphatic rings. The van der Waals surface area contributed by atoms with Crippen molar-refractivity contribution in [2.24, 2.45) is 28.9 Å². The molecular formula is C16H28N2O. The van der Waals surface area contributed by atoms with E-state index in [0.29, 0.717) is 5.41 Å². The maximum atomic E-state index is 12.0. The quantitative estimate of drug-likeness (QED) is 0.819. The van der Waals surface area contributed by atoms with Gasteiger partial charge in [-0.15, -0.1) is 0 Å². The minimum absolute atomic E-state index is 0.0470. The van der Waals surface area contributed by atoms with E-state index in [9.17, 15) is 4.79 Å². The highest BCUT2D eigenvalue weighted by Gasteiger charge is 2.51. The summed E-state index contributed by atoms with van der Waals surface area (Å²) in [6.07, 6.45) is 9.27. The molecule has 0 aromatic rings. The summed E-state index contributed by atoms with van der Waals surface area (Å²) < 4.78 is 0. The number of carbonyl (C=O) groups excluding carboxylic acids is 1. The molecule has 3 heteroatoms. The number of nitrogens with two attached hydrogens (primary N) is 1. The first-order valence-electron chi connectivity index (χ1n) is 8.02. The van der Waals surface area contributed by atoms with Crippen LogP contribution < -0.4 is 11.1 Å². The average Bonchev–Trinajstić information content (AvgIpc) is 2.24. The van der Waals surface area contributed by atoms with E-state index in [1.807, 2.05) is 13.8 Å². The first kappa shape index (κ1) is 13.4. The third kappa shape index (κ3) is 2.67. The Morgan fingerprint density at radius 1 is 1.16 bits per heavy atom. The zero-order valence-electron chi connectivity index (χ0n) is 12.3. The van der Waals surface area contributed by atoms with E-state index < -0.39 is 0 Å². The van der Waals surface area contributed by atoms with Gasteiger partial charge >= 0.3 is 0 Å². The third-order valence-electron chi connectivity index (χ3n) is 5.59. The number of hydrogen-bond donors (Lipinski definition) is 2. The molecule has 3 nitrogen and oxygen atoms in total. The van der Waals surface area contributed by atoms with E-state index in [4.69, 9.17) is 5.73 Å². The predicted octanol–water partition coefficient (Wildman–Crippen LogP) is 2.44. The van der Waals surface area contributed by atoms with Crippen molar-refractivity contribution in [3.05, 3.63) is 0 Å². The Bertz CT molecular complexity index is 328. The molecule has 0 aromatic heterocycles. The Balaban J connectivity index is 1.64. The van der Waals surface area contributed by atoms with Crippen LogP contribution in [-0.4, -0.2) is 18.0 Å². The van der Waals surface area contributed by atoms with Crippen LogP contribution in [0.15, 0.2) is 0 Å². The molecule has 0 radical (unpaired) electrons. The van der Waals surface area contributed by atoms with Crippen LogP contribution in [-0.2, 0) is 4.79 Å². The van der Waals surface area contributed by atoms with Crippen LogP contribution in [0, 0.1) is 23.2 Å². The largest absolute Gasteiger partial charge is 0.353 e. The molecule has 0 heterocycles. The zero-order valence-corrected chi connectivity index (χ0v) is 12.3. The van der Waals surface area contributed by atoms with Gasteiger partial charge in [0.15, 0.2) is 0 Å². The van der Waals surface area contributed by atoms with Gasteiger partial charge in [0, 0.05) is 6.04 Å². The van der Waals surface area contributed by atoms with Crippen LogP contribution in [0.4, 0.5) is 0 Å². The number of nitrogens with one attached hydrogen (secondary N) is 1. The number of rotatable bonds is 4. The fraction of sp³-hybridized carbons (Fsp3) is 0.938. The molecule has 4 bridgehead atoms. The van der Waals surface area contributed by atoms with Crippen molar-refractivity contribution in [2.75, 3.05) is 0 Å². The first-order chi connectivity index (χ1) is 8.96. The number of carbonyl (C=O) groups is 1. The second-order valence-corrected chi connectivity index (χ2v) is 7.89. The maximum absolute atomic E-state index is 12.0. The number of hydrogen-bond acceptors (Lipinski definition) is 2. The molecule has 1 unspecified atom stereocenters. The van der Waals surface area contributed by atoms with Crippen molar-refractivity contribution < 1.29 is 4.79 Å². The summed E-state index contributed by atoms with van der Waals surface area (Å²) in [5.74, 6) is 2.86. The molecule has 4 fully saturated rings. The SMILES string of the molecule is CC(C)NC(=O)C(N)CC12CC3CC(CC(C3)C1)C2. The van der Waals surface area contributed by atoms with Crippen LogP contribution in [0.25, 0.3) is 0 Å². The zero-order chi connectivity index (χ0) is 13.6. The molecule has 1 atom stereocenters. The lowest BCUT2D eigenvalue weighted by Crippen LogP contribution is -2.51. The topological polar surface area (TPSA) is 55.1 Å². The highest BCUT2D eigenvalue weighted by Crippen LogP contribution is 2.61. The van der Waals surface area contributed by atoms with Gasteiger partial charge in [0.1, 0.15) is 0 Å². The summed E-state index contributed by atoms with van der Waals surface area (Å²) in [4.78, 5) is 12.0. The Morgan fingerprint density at radius 3 is 2.05 bits per heavy atom. The van der Waals surface area contributed by atoms with E-state index in [-0.39, 0.29) is 18.0 Å². The van der Waals surface area contributed by atoms with Crippen molar-refractivity contribution in [1.29, 1.82) is 0 Å². The summed E-state index contributed by atoms with van der Waals surface area (Å²) >= 11 is 0. The van der Waals surface area contributed by atoms with E-state index in [0.717, 1.165) is 24.2 Å². The van der Waals surface area contributed by atoms with Crippen LogP contribution in [0.2, 0.25) is 0 Å². The van der Waals surface area contributed by atoms with Crippen molar-refractivity contribution in [3.8, 4) is 0 Å². The van der Waals surface area contributed by atoms with E-state index in [1.165, 1.54) is 38.5 Å². The summed E-state index contributed by atoms with van der Waals surface area (Å²) in [5.41, 5.74) is 6.58. The van der Waals surface area contributed by atoms with Gasteiger partial charge in [-0.2, -0.15) is 0 Å². The predicted molar refractivity (Wildman–Crippen MR) is 76.5 cm³/mol. The van der Waals surface area contributed by atoms with Crippen LogP contribution in [0.1, 0.15) is 58.8 Å².